The lowest BCUT2D eigenvalue weighted by Gasteiger charge is -2.36. The maximum absolute atomic E-state index is 13.0. The lowest BCUT2D eigenvalue weighted by molar-refractivity contribution is -0.123. The third-order valence-corrected chi connectivity index (χ3v) is 8.77. The van der Waals surface area contributed by atoms with E-state index in [1.54, 1.807) is 19.5 Å². The minimum Gasteiger partial charge on any atom is -0.495 e. The van der Waals surface area contributed by atoms with E-state index in [1.807, 2.05) is 39.8 Å². The van der Waals surface area contributed by atoms with Crippen molar-refractivity contribution in [1.29, 1.82) is 0 Å². The zero-order valence-electron chi connectivity index (χ0n) is 25.9. The highest BCUT2D eigenvalue weighted by molar-refractivity contribution is 7.22. The lowest BCUT2D eigenvalue weighted by Crippen LogP contribution is -2.51. The van der Waals surface area contributed by atoms with Crippen LogP contribution in [0.2, 0.25) is 0 Å². The number of hydrogen-bond acceptors (Lipinski definition) is 11. The number of benzene rings is 1. The van der Waals surface area contributed by atoms with Gasteiger partial charge in [-0.25, -0.2) is 19.7 Å². The Morgan fingerprint density at radius 2 is 1.91 bits per heavy atom. The van der Waals surface area contributed by atoms with Gasteiger partial charge in [0.25, 0.3) is 0 Å². The Labute approximate surface area is 261 Å². The van der Waals surface area contributed by atoms with Gasteiger partial charge >= 0.3 is 6.09 Å². The van der Waals surface area contributed by atoms with Crippen molar-refractivity contribution in [2.75, 3.05) is 19.0 Å². The number of carbonyl (C=O) groups is 2. The van der Waals surface area contributed by atoms with Gasteiger partial charge in [-0.1, -0.05) is 11.3 Å². The summed E-state index contributed by atoms with van der Waals surface area (Å²) in [5.41, 5.74) is 1.80. The molecule has 2 heterocycles. The Hall–Kier alpha value is -3.39. The summed E-state index contributed by atoms with van der Waals surface area (Å²) in [5.74, 6) is 1.02. The Bertz CT molecular complexity index is 1450. The molecule has 13 heteroatoms. The SMILES string of the molecule is COc1c(-c2cnc(CO[C@H]3CCC[C@@H]3O)nc2)ccc2nc(NC(=O)C3CC(N[C@@H](C)CNC(=O)OC(C)(C)C)C3)sc12. The predicted molar refractivity (Wildman–Crippen MR) is 168 cm³/mol. The van der Waals surface area contributed by atoms with Gasteiger partial charge in [-0.15, -0.1) is 0 Å². The quantitative estimate of drug-likeness (QED) is 0.240. The molecule has 5 rings (SSSR count). The smallest absolute Gasteiger partial charge is 0.407 e. The number of carbonyl (C=O) groups excluding carboxylic acids is 2. The van der Waals surface area contributed by atoms with E-state index in [1.165, 1.54) is 11.3 Å². The van der Waals surface area contributed by atoms with Crippen LogP contribution in [0, 0.1) is 5.92 Å². The normalized spacial score (nSPS) is 22.3. The number of aromatic nitrogens is 3. The molecule has 2 aliphatic carbocycles. The van der Waals surface area contributed by atoms with Crippen molar-refractivity contribution in [3.63, 3.8) is 0 Å². The van der Waals surface area contributed by atoms with Gasteiger partial charge in [0.15, 0.2) is 11.0 Å². The molecule has 2 fully saturated rings. The monoisotopic (exact) mass is 626 g/mol. The molecule has 2 saturated carbocycles. The minimum atomic E-state index is -0.537. The summed E-state index contributed by atoms with van der Waals surface area (Å²) in [6.45, 7) is 8.16. The van der Waals surface area contributed by atoms with Gasteiger partial charge in [-0.05, 0) is 71.9 Å². The van der Waals surface area contributed by atoms with Crippen LogP contribution in [0.1, 0.15) is 65.6 Å². The highest BCUT2D eigenvalue weighted by Crippen LogP contribution is 2.41. The Kier molecular flexibility index (Phi) is 9.98. The zero-order valence-corrected chi connectivity index (χ0v) is 26.7. The number of thiazole rings is 1. The van der Waals surface area contributed by atoms with Gasteiger partial charge in [0.05, 0.1) is 29.5 Å². The number of anilines is 1. The number of amides is 2. The molecule has 0 aliphatic heterocycles. The van der Waals surface area contributed by atoms with E-state index in [2.05, 4.69) is 30.9 Å². The van der Waals surface area contributed by atoms with Crippen LogP contribution < -0.4 is 20.7 Å². The average Bonchev–Trinajstić information content (AvgIpc) is 3.56. The molecule has 2 amide bonds. The number of ether oxygens (including phenoxy) is 3. The number of methoxy groups -OCH3 is 1. The molecule has 12 nitrogen and oxygen atoms in total. The molecule has 0 radical (unpaired) electrons. The molecular weight excluding hydrogens is 584 g/mol. The maximum atomic E-state index is 13.0. The van der Waals surface area contributed by atoms with Gasteiger partial charge in [-0.2, -0.15) is 0 Å². The summed E-state index contributed by atoms with van der Waals surface area (Å²) in [6, 6.07) is 4.06. The second-order valence-corrected chi connectivity index (χ2v) is 13.6. The second-order valence-electron chi connectivity index (χ2n) is 12.6. The molecule has 44 heavy (non-hydrogen) atoms. The molecule has 238 valence electrons. The van der Waals surface area contributed by atoms with E-state index in [0.717, 1.165) is 40.6 Å². The molecule has 1 aromatic carbocycles. The van der Waals surface area contributed by atoms with E-state index in [-0.39, 0.29) is 36.6 Å². The fourth-order valence-electron chi connectivity index (χ4n) is 5.49. The number of aliphatic hydroxyl groups excluding tert-OH is 1. The molecule has 0 spiro atoms. The number of fused-ring (bicyclic) bond motifs is 1. The number of nitrogens with one attached hydrogen (secondary N) is 3. The number of aliphatic hydroxyl groups is 1. The molecule has 3 aromatic rings. The van der Waals surface area contributed by atoms with Crippen LogP contribution in [0.5, 0.6) is 5.75 Å². The van der Waals surface area contributed by atoms with Crippen molar-refractivity contribution in [2.45, 2.75) is 96.3 Å². The van der Waals surface area contributed by atoms with E-state index in [0.29, 0.717) is 36.1 Å². The summed E-state index contributed by atoms with van der Waals surface area (Å²) in [5, 5.41) is 19.7. The van der Waals surface area contributed by atoms with Gasteiger partial charge in [0.2, 0.25) is 5.91 Å². The van der Waals surface area contributed by atoms with Crippen LogP contribution in [-0.2, 0) is 20.9 Å². The van der Waals surface area contributed by atoms with Crippen LogP contribution >= 0.6 is 11.3 Å². The first-order valence-corrected chi connectivity index (χ1v) is 15.9. The molecular formula is C31H42N6O6S. The number of hydrogen-bond donors (Lipinski definition) is 4. The molecule has 4 N–H and O–H groups in total. The predicted octanol–water partition coefficient (Wildman–Crippen LogP) is 4.41. The van der Waals surface area contributed by atoms with E-state index in [4.69, 9.17) is 14.2 Å². The van der Waals surface area contributed by atoms with Crippen molar-refractivity contribution < 1.29 is 28.9 Å². The summed E-state index contributed by atoms with van der Waals surface area (Å²) < 4.78 is 17.7. The van der Waals surface area contributed by atoms with Crippen LogP contribution in [0.4, 0.5) is 9.93 Å². The van der Waals surface area contributed by atoms with Gasteiger partial charge in [0, 0.05) is 48.1 Å². The molecule has 0 bridgehead atoms. The average molecular weight is 627 g/mol. The van der Waals surface area contributed by atoms with Gasteiger partial charge < -0.3 is 35.3 Å². The Morgan fingerprint density at radius 3 is 2.57 bits per heavy atom. The van der Waals surface area contributed by atoms with Crippen molar-refractivity contribution in [3.8, 4) is 16.9 Å². The number of rotatable bonds is 11. The Morgan fingerprint density at radius 1 is 1.16 bits per heavy atom. The van der Waals surface area contributed by atoms with Crippen molar-refractivity contribution in [3.05, 3.63) is 30.4 Å². The highest BCUT2D eigenvalue weighted by atomic mass is 32.1. The first-order valence-electron chi connectivity index (χ1n) is 15.1. The molecule has 2 aromatic heterocycles. The molecule has 2 aliphatic rings. The largest absolute Gasteiger partial charge is 0.495 e. The van der Waals surface area contributed by atoms with Crippen LogP contribution in [0.25, 0.3) is 21.3 Å². The topological polar surface area (TPSA) is 157 Å². The first kappa shape index (κ1) is 32.0. The molecule has 0 saturated heterocycles. The van der Waals surface area contributed by atoms with Gasteiger partial charge in [0.1, 0.15) is 18.0 Å². The van der Waals surface area contributed by atoms with Gasteiger partial charge in [-0.3, -0.25) is 4.79 Å². The fraction of sp³-hybridized carbons (Fsp3) is 0.581. The maximum Gasteiger partial charge on any atom is 0.407 e. The van der Waals surface area contributed by atoms with Crippen LogP contribution in [0.3, 0.4) is 0 Å². The Balaban J connectivity index is 1.13. The lowest BCUT2D eigenvalue weighted by atomic mass is 9.79. The van der Waals surface area contributed by atoms with E-state index >= 15 is 0 Å². The number of nitrogens with zero attached hydrogens (tertiary/aromatic N) is 3. The standard InChI is InChI=1S/C31H42N6O6S/c1-17(13-34-30(40)43-31(2,3)4)35-20-11-18(12-20)28(39)37-29-36-22-10-9-21(26(41-5)27(22)44-29)19-14-32-25(33-15-19)16-42-24-8-6-7-23(24)38/h9-10,14-15,17-18,20,23-24,35,38H,6-8,11-13,16H2,1-5H3,(H,34,40)(H,36,37,39)/t17-,18?,20?,23-,24-/m0/s1. The summed E-state index contributed by atoms with van der Waals surface area (Å²) in [6.07, 6.45) is 6.46. The third kappa shape index (κ3) is 8.00. The van der Waals surface area contributed by atoms with Crippen molar-refractivity contribution in [2.24, 2.45) is 5.92 Å². The van der Waals surface area contributed by atoms with Crippen molar-refractivity contribution in [1.82, 2.24) is 25.6 Å². The fourth-order valence-corrected chi connectivity index (χ4v) is 6.48. The highest BCUT2D eigenvalue weighted by Gasteiger charge is 2.35. The summed E-state index contributed by atoms with van der Waals surface area (Å²) in [7, 11) is 1.61. The first-order chi connectivity index (χ1) is 21.0. The summed E-state index contributed by atoms with van der Waals surface area (Å²) >= 11 is 1.37. The molecule has 3 atom stereocenters. The zero-order chi connectivity index (χ0) is 31.4. The van der Waals surface area contributed by atoms with Crippen LogP contribution in [0.15, 0.2) is 24.5 Å². The van der Waals surface area contributed by atoms with Crippen LogP contribution in [-0.4, -0.2) is 75.6 Å². The molecule has 0 unspecified atom stereocenters. The van der Waals surface area contributed by atoms with E-state index < -0.39 is 17.8 Å². The number of alkyl carbamates (subject to hydrolysis) is 1. The second kappa shape index (κ2) is 13.7. The summed E-state index contributed by atoms with van der Waals surface area (Å²) in [4.78, 5) is 38.4. The van der Waals surface area contributed by atoms with E-state index in [9.17, 15) is 14.7 Å². The minimum absolute atomic E-state index is 0.0448. The third-order valence-electron chi connectivity index (χ3n) is 7.79. The van der Waals surface area contributed by atoms with Crippen molar-refractivity contribution >= 4 is 38.7 Å².